The number of carbonyl (C=O) groups is 1. The van der Waals surface area contributed by atoms with Gasteiger partial charge in [0.1, 0.15) is 0 Å². The van der Waals surface area contributed by atoms with Gasteiger partial charge in [-0.3, -0.25) is 4.79 Å². The van der Waals surface area contributed by atoms with E-state index in [0.29, 0.717) is 0 Å². The summed E-state index contributed by atoms with van der Waals surface area (Å²) in [6.45, 7) is 2.70. The molecule has 0 aromatic heterocycles. The zero-order chi connectivity index (χ0) is 5.86. The average molecular weight is 163 g/mol. The minimum Gasteiger partial charge on any atom is -0.876 e. The summed E-state index contributed by atoms with van der Waals surface area (Å²) in [7, 11) is 0. The van der Waals surface area contributed by atoms with E-state index in [1.54, 1.807) is 0 Å². The summed E-state index contributed by atoms with van der Waals surface area (Å²) in [5.41, 5.74) is 0. The molecule has 2 nitrogen and oxygen atoms in total. The molecular formula is C5H7CuO2+. The van der Waals surface area contributed by atoms with Crippen molar-refractivity contribution in [2.45, 2.75) is 13.8 Å². The molecule has 0 aliphatic rings. The van der Waals surface area contributed by atoms with Crippen LogP contribution in [0.1, 0.15) is 13.8 Å². The van der Waals surface area contributed by atoms with E-state index < -0.39 is 0 Å². The van der Waals surface area contributed by atoms with Gasteiger partial charge in [0.2, 0.25) is 0 Å². The Hall–Kier alpha value is -0.271. The van der Waals surface area contributed by atoms with Gasteiger partial charge in [-0.25, -0.2) is 0 Å². The van der Waals surface area contributed by atoms with E-state index in [1.165, 1.54) is 13.8 Å². The van der Waals surface area contributed by atoms with E-state index in [1.807, 2.05) is 0 Å². The van der Waals surface area contributed by atoms with Gasteiger partial charge in [0, 0.05) is 0 Å². The molecule has 0 atom stereocenters. The first kappa shape index (κ1) is 10.7. The van der Waals surface area contributed by atoms with Crippen LogP contribution in [0.3, 0.4) is 0 Å². The SMILES string of the molecule is CC(=O)C=C(C)[O-].[Cu+2]. The van der Waals surface area contributed by atoms with Crippen LogP contribution in [0.4, 0.5) is 0 Å². The summed E-state index contributed by atoms with van der Waals surface area (Å²) < 4.78 is 0. The van der Waals surface area contributed by atoms with Gasteiger partial charge in [-0.2, -0.15) is 0 Å². The van der Waals surface area contributed by atoms with E-state index in [-0.39, 0.29) is 28.6 Å². The van der Waals surface area contributed by atoms with Crippen molar-refractivity contribution in [2.24, 2.45) is 0 Å². The fraction of sp³-hybridized carbons (Fsp3) is 0.400. The Labute approximate surface area is 59.1 Å². The molecule has 0 aliphatic heterocycles. The molecule has 0 bridgehead atoms. The molecule has 0 N–H and O–H groups in total. The Morgan fingerprint density at radius 3 is 1.88 bits per heavy atom. The quantitative estimate of drug-likeness (QED) is 0.305. The van der Waals surface area contributed by atoms with Gasteiger partial charge in [0.25, 0.3) is 0 Å². The largest absolute Gasteiger partial charge is 2.00 e. The van der Waals surface area contributed by atoms with Gasteiger partial charge in [-0.1, -0.05) is 6.92 Å². The first-order valence-corrected chi connectivity index (χ1v) is 1.99. The van der Waals surface area contributed by atoms with Crippen molar-refractivity contribution < 1.29 is 27.0 Å². The van der Waals surface area contributed by atoms with E-state index in [4.69, 9.17) is 0 Å². The van der Waals surface area contributed by atoms with Crippen molar-refractivity contribution in [1.82, 2.24) is 0 Å². The molecule has 1 radical (unpaired) electrons. The van der Waals surface area contributed by atoms with Crippen molar-refractivity contribution in [1.29, 1.82) is 0 Å². The molecule has 0 saturated carbocycles. The van der Waals surface area contributed by atoms with Crippen molar-refractivity contribution >= 4 is 5.78 Å². The van der Waals surface area contributed by atoms with Crippen LogP contribution in [0.5, 0.6) is 0 Å². The van der Waals surface area contributed by atoms with E-state index in [0.717, 1.165) is 6.08 Å². The summed E-state index contributed by atoms with van der Waals surface area (Å²) in [4.78, 5) is 9.98. The molecule has 0 heterocycles. The second-order valence-electron chi connectivity index (χ2n) is 1.37. The normalized spacial score (nSPS) is 10.0. The fourth-order valence-corrected chi connectivity index (χ4v) is 0.286. The van der Waals surface area contributed by atoms with Crippen molar-refractivity contribution in [3.63, 3.8) is 0 Å². The molecule has 8 heavy (non-hydrogen) atoms. The van der Waals surface area contributed by atoms with Gasteiger partial charge in [0.05, 0.1) is 0 Å². The van der Waals surface area contributed by atoms with Gasteiger partial charge < -0.3 is 5.11 Å². The van der Waals surface area contributed by atoms with E-state index >= 15 is 0 Å². The topological polar surface area (TPSA) is 40.1 Å². The van der Waals surface area contributed by atoms with Crippen molar-refractivity contribution in [2.75, 3.05) is 0 Å². The molecule has 0 unspecified atom stereocenters. The number of hydrogen-bond acceptors (Lipinski definition) is 2. The Bertz CT molecular complexity index is 103. The molecule has 3 heteroatoms. The number of allylic oxidation sites excluding steroid dienone is 2. The third-order valence-corrected chi connectivity index (χ3v) is 0.407. The predicted molar refractivity (Wildman–Crippen MR) is 24.4 cm³/mol. The van der Waals surface area contributed by atoms with Crippen LogP contribution in [0.2, 0.25) is 0 Å². The third kappa shape index (κ3) is 9.21. The van der Waals surface area contributed by atoms with Crippen LogP contribution >= 0.6 is 0 Å². The molecule has 0 spiro atoms. The molecule has 0 aliphatic carbocycles. The summed E-state index contributed by atoms with van der Waals surface area (Å²) >= 11 is 0. The summed E-state index contributed by atoms with van der Waals surface area (Å²) in [6.07, 6.45) is 1.06. The molecule has 0 rings (SSSR count). The van der Waals surface area contributed by atoms with E-state index in [2.05, 4.69) is 0 Å². The van der Waals surface area contributed by atoms with Crippen molar-refractivity contribution in [3.05, 3.63) is 11.8 Å². The number of rotatable bonds is 1. The molecule has 0 aromatic carbocycles. The molecular weight excluding hydrogens is 156 g/mol. The summed E-state index contributed by atoms with van der Waals surface area (Å²) in [5.74, 6) is -0.375. The molecule has 0 fully saturated rings. The van der Waals surface area contributed by atoms with Gasteiger partial charge in [-0.15, -0.1) is 5.76 Å². The third-order valence-electron chi connectivity index (χ3n) is 0.407. The molecule has 0 saturated heterocycles. The van der Waals surface area contributed by atoms with Crippen LogP contribution in [-0.4, -0.2) is 5.78 Å². The molecule has 0 amide bonds. The Balaban J connectivity index is 0. The average Bonchev–Trinajstić information content (AvgIpc) is 1.27. The van der Waals surface area contributed by atoms with Gasteiger partial charge >= 0.3 is 17.1 Å². The van der Waals surface area contributed by atoms with Crippen LogP contribution in [0.15, 0.2) is 11.8 Å². The van der Waals surface area contributed by atoms with Crippen molar-refractivity contribution in [3.8, 4) is 0 Å². The molecule has 49 valence electrons. The number of ketones is 1. The fourth-order valence-electron chi connectivity index (χ4n) is 0.286. The first-order valence-electron chi connectivity index (χ1n) is 1.99. The first-order chi connectivity index (χ1) is 3.13. The maximum Gasteiger partial charge on any atom is 2.00 e. The Morgan fingerprint density at radius 1 is 1.50 bits per heavy atom. The van der Waals surface area contributed by atoms with Crippen LogP contribution < -0.4 is 5.11 Å². The maximum absolute atomic E-state index is 9.98. The second kappa shape index (κ2) is 4.88. The van der Waals surface area contributed by atoms with Crippen LogP contribution in [0.25, 0.3) is 0 Å². The van der Waals surface area contributed by atoms with Crippen LogP contribution in [0, 0.1) is 0 Å². The Kier molecular flexibility index (Phi) is 6.50. The van der Waals surface area contributed by atoms with Gasteiger partial charge in [0.15, 0.2) is 5.78 Å². The predicted octanol–water partition coefficient (Wildman–Crippen LogP) is -0.163. The smallest absolute Gasteiger partial charge is 0.876 e. The second-order valence-corrected chi connectivity index (χ2v) is 1.37. The van der Waals surface area contributed by atoms with Crippen LogP contribution in [-0.2, 0) is 21.9 Å². The molecule has 0 aromatic rings. The minimum atomic E-state index is -0.187. The Morgan fingerprint density at radius 2 is 1.88 bits per heavy atom. The minimum absolute atomic E-state index is 0. The van der Waals surface area contributed by atoms with Gasteiger partial charge in [-0.05, 0) is 13.0 Å². The van der Waals surface area contributed by atoms with E-state index in [9.17, 15) is 9.90 Å². The number of carbonyl (C=O) groups excluding carboxylic acids is 1. The zero-order valence-corrected chi connectivity index (χ0v) is 5.64. The standard InChI is InChI=1S/C5H8O2.Cu/c1-4(6)3-5(2)7;/h3,6H,1-2H3;/q;+2/p-1. The summed E-state index contributed by atoms with van der Waals surface area (Å²) in [5, 5.41) is 9.98. The maximum atomic E-state index is 9.98. The monoisotopic (exact) mass is 162 g/mol. The summed E-state index contributed by atoms with van der Waals surface area (Å²) in [6, 6.07) is 0. The number of hydrogen-bond donors (Lipinski definition) is 0. The zero-order valence-electron chi connectivity index (χ0n) is 4.70.